The van der Waals surface area contributed by atoms with Crippen molar-refractivity contribution < 1.29 is 9.84 Å². The number of hydrogen-bond donors (Lipinski definition) is 3. The van der Waals surface area contributed by atoms with Crippen molar-refractivity contribution in [3.05, 3.63) is 23.8 Å². The predicted octanol–water partition coefficient (Wildman–Crippen LogP) is 1.13. The summed E-state index contributed by atoms with van der Waals surface area (Å²) in [7, 11) is 0. The molecule has 0 saturated heterocycles. The van der Waals surface area contributed by atoms with Crippen LogP contribution in [-0.2, 0) is 6.42 Å². The molecule has 2 rings (SSSR count). The van der Waals surface area contributed by atoms with E-state index in [1.54, 1.807) is 0 Å². The molecule has 1 aliphatic rings. The molecular weight excluding hydrogens is 216 g/mol. The number of rotatable bonds is 5. The van der Waals surface area contributed by atoms with Gasteiger partial charge in [0.15, 0.2) is 0 Å². The molecule has 0 bridgehead atoms. The highest BCUT2D eigenvalue weighted by Crippen LogP contribution is 2.31. The lowest BCUT2D eigenvalue weighted by Crippen LogP contribution is -2.24. The molecule has 1 heterocycles. The number of aliphatic hydroxyl groups is 1. The number of nitrogens with two attached hydrogens (primary N) is 1. The third kappa shape index (κ3) is 2.90. The third-order valence-corrected chi connectivity index (χ3v) is 3.04. The van der Waals surface area contributed by atoms with Crippen LogP contribution in [0.5, 0.6) is 5.75 Å². The van der Waals surface area contributed by atoms with Crippen molar-refractivity contribution >= 4 is 5.69 Å². The Hall–Kier alpha value is -1.26. The maximum absolute atomic E-state index is 8.86. The summed E-state index contributed by atoms with van der Waals surface area (Å²) in [5, 5.41) is 12.2. The summed E-state index contributed by atoms with van der Waals surface area (Å²) in [6, 6.07) is 6.37. The van der Waals surface area contributed by atoms with E-state index in [0.29, 0.717) is 6.54 Å². The number of anilines is 1. The van der Waals surface area contributed by atoms with Crippen LogP contribution in [0.15, 0.2) is 18.2 Å². The van der Waals surface area contributed by atoms with Gasteiger partial charge in [-0.25, -0.2) is 0 Å². The first-order valence-corrected chi connectivity index (χ1v) is 6.10. The topological polar surface area (TPSA) is 67.5 Å². The molecule has 0 saturated carbocycles. The minimum absolute atomic E-state index is 0.120. The van der Waals surface area contributed by atoms with Crippen LogP contribution in [0.3, 0.4) is 0 Å². The van der Waals surface area contributed by atoms with Gasteiger partial charge in [-0.3, -0.25) is 0 Å². The Kier molecular flexibility index (Phi) is 3.86. The smallest absolute Gasteiger partial charge is 0.123 e. The molecule has 0 aliphatic carbocycles. The number of ether oxygens (including phenoxy) is 1. The van der Waals surface area contributed by atoms with E-state index in [0.717, 1.165) is 24.3 Å². The Labute approximate surface area is 102 Å². The molecule has 2 unspecified atom stereocenters. The van der Waals surface area contributed by atoms with Crippen molar-refractivity contribution in [2.75, 3.05) is 18.5 Å². The average Bonchev–Trinajstić information content (AvgIpc) is 2.71. The molecule has 0 radical (unpaired) electrons. The summed E-state index contributed by atoms with van der Waals surface area (Å²) in [6.45, 7) is 2.82. The molecule has 2 atom stereocenters. The van der Waals surface area contributed by atoms with Crippen LogP contribution in [0.1, 0.15) is 18.9 Å². The van der Waals surface area contributed by atoms with E-state index < -0.39 is 0 Å². The van der Waals surface area contributed by atoms with Crippen molar-refractivity contribution in [1.29, 1.82) is 0 Å². The Bertz CT molecular complexity index is 382. The van der Waals surface area contributed by atoms with Gasteiger partial charge in [-0.15, -0.1) is 0 Å². The third-order valence-electron chi connectivity index (χ3n) is 3.04. The fraction of sp³-hybridized carbons (Fsp3) is 0.538. The molecule has 0 amide bonds. The van der Waals surface area contributed by atoms with E-state index in [-0.39, 0.29) is 18.8 Å². The molecule has 17 heavy (non-hydrogen) atoms. The molecule has 94 valence electrons. The summed E-state index contributed by atoms with van der Waals surface area (Å²) in [5.41, 5.74) is 7.89. The van der Waals surface area contributed by atoms with Crippen LogP contribution in [0.4, 0.5) is 5.69 Å². The molecule has 1 aromatic rings. The zero-order chi connectivity index (χ0) is 12.3. The van der Waals surface area contributed by atoms with Crippen LogP contribution in [-0.4, -0.2) is 30.4 Å². The predicted molar refractivity (Wildman–Crippen MR) is 68.4 cm³/mol. The number of benzene rings is 1. The van der Waals surface area contributed by atoms with Crippen molar-refractivity contribution in [3.8, 4) is 5.75 Å². The standard InChI is InChI=1S/C13H20N2O2/c1-9(4-5-16)15-11-2-3-13-10(6-11)7-12(8-14)17-13/h2-3,6,9,12,15-16H,4-5,7-8,14H2,1H3. The molecule has 0 spiro atoms. The van der Waals surface area contributed by atoms with E-state index in [9.17, 15) is 0 Å². The summed E-state index contributed by atoms with van der Waals surface area (Å²) in [6.07, 6.45) is 1.75. The number of hydrogen-bond acceptors (Lipinski definition) is 4. The first-order chi connectivity index (χ1) is 8.22. The van der Waals surface area contributed by atoms with Crippen LogP contribution < -0.4 is 15.8 Å². The monoisotopic (exact) mass is 236 g/mol. The average molecular weight is 236 g/mol. The van der Waals surface area contributed by atoms with E-state index in [2.05, 4.69) is 18.3 Å². The quantitative estimate of drug-likeness (QED) is 0.717. The van der Waals surface area contributed by atoms with Gasteiger partial charge in [-0.05, 0) is 37.1 Å². The first-order valence-electron chi connectivity index (χ1n) is 6.10. The molecule has 1 aliphatic heterocycles. The lowest BCUT2D eigenvalue weighted by atomic mass is 10.1. The lowest BCUT2D eigenvalue weighted by molar-refractivity contribution is 0.241. The van der Waals surface area contributed by atoms with E-state index >= 15 is 0 Å². The van der Waals surface area contributed by atoms with Gasteiger partial charge in [0.2, 0.25) is 0 Å². The van der Waals surface area contributed by atoms with Gasteiger partial charge >= 0.3 is 0 Å². The van der Waals surface area contributed by atoms with Gasteiger partial charge in [0.25, 0.3) is 0 Å². The second-order valence-corrected chi connectivity index (χ2v) is 4.56. The van der Waals surface area contributed by atoms with E-state index in [1.807, 2.05) is 12.1 Å². The highest BCUT2D eigenvalue weighted by molar-refractivity contribution is 5.53. The summed E-state index contributed by atoms with van der Waals surface area (Å²) in [5.74, 6) is 0.945. The van der Waals surface area contributed by atoms with Gasteiger partial charge < -0.3 is 20.9 Å². The molecular formula is C13H20N2O2. The normalized spacial score (nSPS) is 19.6. The van der Waals surface area contributed by atoms with Crippen LogP contribution in [0.2, 0.25) is 0 Å². The Morgan fingerprint density at radius 3 is 3.12 bits per heavy atom. The minimum Gasteiger partial charge on any atom is -0.488 e. The molecule has 4 heteroatoms. The summed E-state index contributed by atoms with van der Waals surface area (Å²) >= 11 is 0. The number of nitrogens with one attached hydrogen (secondary N) is 1. The largest absolute Gasteiger partial charge is 0.488 e. The van der Waals surface area contributed by atoms with Crippen molar-refractivity contribution in [2.45, 2.75) is 31.9 Å². The van der Waals surface area contributed by atoms with Gasteiger partial charge in [0.05, 0.1) is 0 Å². The number of aliphatic hydroxyl groups excluding tert-OH is 1. The van der Waals surface area contributed by atoms with Crippen LogP contribution in [0.25, 0.3) is 0 Å². The zero-order valence-corrected chi connectivity index (χ0v) is 10.1. The SMILES string of the molecule is CC(CCO)Nc1ccc2c(c1)CC(CN)O2. The summed E-state index contributed by atoms with van der Waals surface area (Å²) < 4.78 is 5.67. The van der Waals surface area contributed by atoms with Crippen LogP contribution >= 0.6 is 0 Å². The fourth-order valence-electron chi connectivity index (χ4n) is 2.09. The van der Waals surface area contributed by atoms with Crippen molar-refractivity contribution in [1.82, 2.24) is 0 Å². The minimum atomic E-state index is 0.120. The molecule has 0 aromatic heterocycles. The van der Waals surface area contributed by atoms with Crippen LogP contribution in [0, 0.1) is 0 Å². The van der Waals surface area contributed by atoms with E-state index in [1.165, 1.54) is 5.56 Å². The Morgan fingerprint density at radius 1 is 1.59 bits per heavy atom. The van der Waals surface area contributed by atoms with Crippen molar-refractivity contribution in [2.24, 2.45) is 5.73 Å². The molecule has 4 nitrogen and oxygen atoms in total. The highest BCUT2D eigenvalue weighted by Gasteiger charge is 2.21. The Morgan fingerprint density at radius 2 is 2.41 bits per heavy atom. The zero-order valence-electron chi connectivity index (χ0n) is 10.1. The summed E-state index contributed by atoms with van der Waals surface area (Å²) in [4.78, 5) is 0. The van der Waals surface area contributed by atoms with Gasteiger partial charge in [0.1, 0.15) is 11.9 Å². The van der Waals surface area contributed by atoms with Gasteiger partial charge in [-0.1, -0.05) is 0 Å². The highest BCUT2D eigenvalue weighted by atomic mass is 16.5. The second kappa shape index (κ2) is 5.38. The number of fused-ring (bicyclic) bond motifs is 1. The second-order valence-electron chi connectivity index (χ2n) is 4.56. The lowest BCUT2D eigenvalue weighted by Gasteiger charge is -2.14. The van der Waals surface area contributed by atoms with Gasteiger partial charge in [-0.2, -0.15) is 0 Å². The molecule has 4 N–H and O–H groups in total. The fourth-order valence-corrected chi connectivity index (χ4v) is 2.09. The van der Waals surface area contributed by atoms with Gasteiger partial charge in [0, 0.05) is 31.3 Å². The first kappa shape index (κ1) is 12.2. The maximum atomic E-state index is 8.86. The molecule has 1 aromatic carbocycles. The maximum Gasteiger partial charge on any atom is 0.123 e. The molecule has 0 fully saturated rings. The Balaban J connectivity index is 2.03. The van der Waals surface area contributed by atoms with E-state index in [4.69, 9.17) is 15.6 Å². The van der Waals surface area contributed by atoms with Crippen molar-refractivity contribution in [3.63, 3.8) is 0 Å².